The van der Waals surface area contributed by atoms with Crippen LogP contribution < -0.4 is 0 Å². The van der Waals surface area contributed by atoms with Gasteiger partial charge in [0.1, 0.15) is 0 Å². The molecular formula is C18H24N4O3S. The first-order chi connectivity index (χ1) is 12.2. The lowest BCUT2D eigenvalue weighted by atomic mass is 10.1. The topological polar surface area (TPSA) is 75.5 Å². The van der Waals surface area contributed by atoms with Gasteiger partial charge in [0.05, 0.1) is 23.1 Å². The molecule has 8 heteroatoms. The molecule has 1 aromatic heterocycles. The Balaban J connectivity index is 1.74. The summed E-state index contributed by atoms with van der Waals surface area (Å²) in [4.78, 5) is 16.3. The number of nitrogens with zero attached hydrogens (tertiary/aromatic N) is 4. The summed E-state index contributed by atoms with van der Waals surface area (Å²) < 4.78 is 25.1. The highest BCUT2D eigenvalue weighted by molar-refractivity contribution is 7.90. The van der Waals surface area contributed by atoms with Crippen LogP contribution in [0.1, 0.15) is 23.7 Å². The molecule has 0 bridgehead atoms. The van der Waals surface area contributed by atoms with Gasteiger partial charge in [-0.1, -0.05) is 12.1 Å². The zero-order valence-electron chi connectivity index (χ0n) is 15.3. The maximum atomic E-state index is 12.1. The number of amides is 1. The molecule has 26 heavy (non-hydrogen) atoms. The summed E-state index contributed by atoms with van der Waals surface area (Å²) in [5.41, 5.74) is 2.13. The Labute approximate surface area is 154 Å². The third-order valence-corrected chi connectivity index (χ3v) is 5.75. The number of fused-ring (bicyclic) bond motifs is 1. The number of benzene rings is 1. The van der Waals surface area contributed by atoms with Gasteiger partial charge in [0.2, 0.25) is 5.91 Å². The molecule has 2 heterocycles. The SMILES string of the molecule is CN(C)C(=O)C[C@H]1CN(Cc2ccc(S(C)(=O)=O)cc2)Cc2ccnn21. The number of hydrogen-bond donors (Lipinski definition) is 0. The van der Waals surface area contributed by atoms with Gasteiger partial charge in [-0.15, -0.1) is 0 Å². The number of sulfone groups is 1. The third kappa shape index (κ3) is 4.13. The van der Waals surface area contributed by atoms with Gasteiger partial charge in [0.15, 0.2) is 9.84 Å². The van der Waals surface area contributed by atoms with Crippen LogP contribution in [-0.4, -0.2) is 60.8 Å². The highest BCUT2D eigenvalue weighted by Gasteiger charge is 2.27. The maximum Gasteiger partial charge on any atom is 0.224 e. The van der Waals surface area contributed by atoms with E-state index in [9.17, 15) is 13.2 Å². The Hall–Kier alpha value is -2.19. The van der Waals surface area contributed by atoms with Gasteiger partial charge in [0.25, 0.3) is 0 Å². The maximum absolute atomic E-state index is 12.1. The van der Waals surface area contributed by atoms with E-state index in [1.165, 1.54) is 6.26 Å². The molecular weight excluding hydrogens is 352 g/mol. The Morgan fingerprint density at radius 2 is 1.92 bits per heavy atom. The zero-order valence-corrected chi connectivity index (χ0v) is 16.1. The zero-order chi connectivity index (χ0) is 18.9. The Morgan fingerprint density at radius 1 is 1.23 bits per heavy atom. The van der Waals surface area contributed by atoms with Crippen molar-refractivity contribution < 1.29 is 13.2 Å². The second-order valence-corrected chi connectivity index (χ2v) is 9.01. The van der Waals surface area contributed by atoms with Crippen LogP contribution in [0.25, 0.3) is 0 Å². The average Bonchev–Trinajstić information content (AvgIpc) is 3.03. The van der Waals surface area contributed by atoms with E-state index in [1.807, 2.05) is 22.9 Å². The first-order valence-electron chi connectivity index (χ1n) is 8.48. The summed E-state index contributed by atoms with van der Waals surface area (Å²) in [5, 5.41) is 4.38. The van der Waals surface area contributed by atoms with Crippen molar-refractivity contribution in [3.05, 3.63) is 47.8 Å². The fourth-order valence-electron chi connectivity index (χ4n) is 3.22. The third-order valence-electron chi connectivity index (χ3n) is 4.62. The minimum absolute atomic E-state index is 0.000979. The minimum atomic E-state index is -3.18. The summed E-state index contributed by atoms with van der Waals surface area (Å²) in [7, 11) is 0.337. The van der Waals surface area contributed by atoms with Crippen molar-refractivity contribution in [1.29, 1.82) is 0 Å². The molecule has 1 aromatic carbocycles. The van der Waals surface area contributed by atoms with Gasteiger partial charge in [-0.05, 0) is 23.8 Å². The summed E-state index contributed by atoms with van der Waals surface area (Å²) in [6.45, 7) is 2.17. The van der Waals surface area contributed by atoms with E-state index >= 15 is 0 Å². The van der Waals surface area contributed by atoms with Crippen molar-refractivity contribution in [3.8, 4) is 0 Å². The first kappa shape index (κ1) is 18.6. The molecule has 2 aromatic rings. The Morgan fingerprint density at radius 3 is 2.54 bits per heavy atom. The van der Waals surface area contributed by atoms with Gasteiger partial charge in [0, 0.05) is 46.2 Å². The standard InChI is InChI=1S/C18H24N4O3S/c1-20(2)18(23)10-16-13-21(12-15-8-9-19-22(15)16)11-14-4-6-17(7-5-14)26(3,24)25/h4-9,16H,10-13H2,1-3H3/t16-/m0/s1. The molecule has 0 N–H and O–H groups in total. The molecule has 1 aliphatic rings. The summed E-state index contributed by atoms with van der Waals surface area (Å²) in [6, 6.07) is 8.97. The Bertz CT molecular complexity index is 887. The molecule has 1 aliphatic heterocycles. The van der Waals surface area contributed by atoms with Crippen LogP contribution in [0, 0.1) is 0 Å². The Kier molecular flexibility index (Phi) is 5.15. The van der Waals surface area contributed by atoms with Crippen molar-refractivity contribution in [1.82, 2.24) is 19.6 Å². The average molecular weight is 376 g/mol. The fraction of sp³-hybridized carbons (Fsp3) is 0.444. The number of carbonyl (C=O) groups is 1. The van der Waals surface area contributed by atoms with Crippen LogP contribution >= 0.6 is 0 Å². The van der Waals surface area contributed by atoms with Crippen LogP contribution in [0.2, 0.25) is 0 Å². The predicted octanol–water partition coefficient (Wildman–Crippen LogP) is 1.32. The van der Waals surface area contributed by atoms with E-state index in [1.54, 1.807) is 37.3 Å². The van der Waals surface area contributed by atoms with E-state index in [-0.39, 0.29) is 11.9 Å². The predicted molar refractivity (Wildman–Crippen MR) is 98.2 cm³/mol. The van der Waals surface area contributed by atoms with Gasteiger partial charge in [-0.25, -0.2) is 8.42 Å². The lowest BCUT2D eigenvalue weighted by Gasteiger charge is -2.34. The summed E-state index contributed by atoms with van der Waals surface area (Å²) >= 11 is 0. The molecule has 0 fully saturated rings. The molecule has 0 aliphatic carbocycles. The second-order valence-electron chi connectivity index (χ2n) is 7.00. The van der Waals surface area contributed by atoms with E-state index in [4.69, 9.17) is 0 Å². The number of rotatable bonds is 5. The largest absolute Gasteiger partial charge is 0.349 e. The van der Waals surface area contributed by atoms with Crippen LogP contribution in [0.15, 0.2) is 41.4 Å². The molecule has 0 spiro atoms. The molecule has 0 unspecified atom stereocenters. The molecule has 3 rings (SSSR count). The van der Waals surface area contributed by atoms with Gasteiger partial charge in [-0.2, -0.15) is 5.10 Å². The van der Waals surface area contributed by atoms with Crippen LogP contribution in [0.5, 0.6) is 0 Å². The fourth-order valence-corrected chi connectivity index (χ4v) is 3.85. The highest BCUT2D eigenvalue weighted by atomic mass is 32.2. The monoisotopic (exact) mass is 376 g/mol. The van der Waals surface area contributed by atoms with Gasteiger partial charge in [-0.3, -0.25) is 14.4 Å². The van der Waals surface area contributed by atoms with Crippen molar-refractivity contribution >= 4 is 15.7 Å². The van der Waals surface area contributed by atoms with Crippen molar-refractivity contribution in [2.45, 2.75) is 30.4 Å². The molecule has 1 atom stereocenters. The lowest BCUT2D eigenvalue weighted by Crippen LogP contribution is -2.39. The molecule has 0 saturated carbocycles. The van der Waals surface area contributed by atoms with Gasteiger partial charge >= 0.3 is 0 Å². The van der Waals surface area contributed by atoms with Crippen molar-refractivity contribution in [2.24, 2.45) is 0 Å². The molecule has 7 nitrogen and oxygen atoms in total. The quantitative estimate of drug-likeness (QED) is 0.787. The van der Waals surface area contributed by atoms with Gasteiger partial charge < -0.3 is 4.90 Å². The number of carbonyl (C=O) groups excluding carboxylic acids is 1. The summed E-state index contributed by atoms with van der Waals surface area (Å²) in [6.07, 6.45) is 3.39. The first-order valence-corrected chi connectivity index (χ1v) is 10.4. The molecule has 140 valence electrons. The number of aromatic nitrogens is 2. The van der Waals surface area contributed by atoms with E-state index in [0.29, 0.717) is 17.9 Å². The number of hydrogen-bond acceptors (Lipinski definition) is 5. The van der Waals surface area contributed by atoms with Crippen molar-refractivity contribution in [2.75, 3.05) is 26.9 Å². The smallest absolute Gasteiger partial charge is 0.224 e. The second kappa shape index (κ2) is 7.20. The van der Waals surface area contributed by atoms with Crippen LogP contribution in [-0.2, 0) is 27.7 Å². The molecule has 0 radical (unpaired) electrons. The lowest BCUT2D eigenvalue weighted by molar-refractivity contribution is -0.129. The van der Waals surface area contributed by atoms with E-state index < -0.39 is 9.84 Å². The highest BCUT2D eigenvalue weighted by Crippen LogP contribution is 2.25. The minimum Gasteiger partial charge on any atom is -0.349 e. The van der Waals surface area contributed by atoms with E-state index in [2.05, 4.69) is 10.00 Å². The molecule has 0 saturated heterocycles. The van der Waals surface area contributed by atoms with Crippen LogP contribution in [0.3, 0.4) is 0 Å². The normalized spacial score (nSPS) is 17.7. The van der Waals surface area contributed by atoms with E-state index in [0.717, 1.165) is 24.3 Å². The summed E-state index contributed by atoms with van der Waals surface area (Å²) in [5.74, 6) is 0.0794. The van der Waals surface area contributed by atoms with Crippen molar-refractivity contribution in [3.63, 3.8) is 0 Å². The molecule has 1 amide bonds. The van der Waals surface area contributed by atoms with Crippen LogP contribution in [0.4, 0.5) is 0 Å².